The lowest BCUT2D eigenvalue weighted by Gasteiger charge is -2.58. The maximum Gasteiger partial charge on any atom is 0.190 e. The summed E-state index contributed by atoms with van der Waals surface area (Å²) in [5, 5.41) is 45.3. The SMILES string of the molecule is C=C1C[C@@]2(CC[C@@H](CC[C@@]3(O)CCC[C@H](O)C3)C2)[C@@H]2O[C@]2(C)CC[C@H]2[C@@H]1C[C@]2(C)[C@H]1CC[C@@H]([C@H](O)NC(N)=NCCc2cccc(O)c2)C1. The fourth-order valence-corrected chi connectivity index (χ4v) is 12.0. The van der Waals surface area contributed by atoms with Gasteiger partial charge in [-0.05, 0) is 156 Å². The third kappa shape index (κ3) is 7.18. The van der Waals surface area contributed by atoms with Crippen molar-refractivity contribution in [2.24, 2.45) is 51.1 Å². The number of hydrogen-bond donors (Lipinski definition) is 6. The van der Waals surface area contributed by atoms with E-state index in [0.29, 0.717) is 49.2 Å². The number of benzene rings is 1. The Bertz CT molecular complexity index is 1400. The summed E-state index contributed by atoms with van der Waals surface area (Å²) >= 11 is 0. The molecule has 5 saturated carbocycles. The largest absolute Gasteiger partial charge is 0.508 e. The van der Waals surface area contributed by atoms with Crippen LogP contribution in [-0.4, -0.2) is 62.6 Å². The number of phenols is 1. The summed E-state index contributed by atoms with van der Waals surface area (Å²) in [5.41, 5.74) is 8.32. The van der Waals surface area contributed by atoms with Crippen molar-refractivity contribution in [2.45, 2.75) is 153 Å². The van der Waals surface area contributed by atoms with E-state index in [0.717, 1.165) is 69.8 Å². The molecule has 0 amide bonds. The number of aliphatic hydroxyl groups excluding tert-OH is 2. The molecule has 6 fully saturated rings. The van der Waals surface area contributed by atoms with Gasteiger partial charge in [-0.2, -0.15) is 0 Å². The molecular weight excluding hydrogens is 614 g/mol. The number of nitrogens with one attached hydrogen (secondary N) is 1. The second kappa shape index (κ2) is 13.4. The third-order valence-corrected chi connectivity index (χ3v) is 14.8. The summed E-state index contributed by atoms with van der Waals surface area (Å²) in [6.45, 7) is 10.2. The highest BCUT2D eigenvalue weighted by Gasteiger charge is 2.67. The van der Waals surface area contributed by atoms with Gasteiger partial charge in [0.15, 0.2) is 5.96 Å². The number of guanidine groups is 1. The first kappa shape index (κ1) is 35.3. The van der Waals surface area contributed by atoms with E-state index in [1.807, 2.05) is 12.1 Å². The molecule has 0 radical (unpaired) electrons. The molecule has 1 aromatic carbocycles. The predicted molar refractivity (Wildman–Crippen MR) is 193 cm³/mol. The van der Waals surface area contributed by atoms with Gasteiger partial charge in [0.1, 0.15) is 12.0 Å². The van der Waals surface area contributed by atoms with Crippen molar-refractivity contribution in [3.8, 4) is 5.75 Å². The van der Waals surface area contributed by atoms with E-state index in [2.05, 4.69) is 24.2 Å². The number of fused-ring (bicyclic) bond motifs is 3. The van der Waals surface area contributed by atoms with Crippen molar-refractivity contribution >= 4 is 5.96 Å². The maximum atomic E-state index is 11.2. The summed E-state index contributed by atoms with van der Waals surface area (Å²) in [4.78, 5) is 4.44. The van der Waals surface area contributed by atoms with Gasteiger partial charge >= 0.3 is 0 Å². The molecule has 1 saturated heterocycles. The molecule has 1 aliphatic heterocycles. The van der Waals surface area contributed by atoms with Crippen LogP contribution in [0.15, 0.2) is 41.4 Å². The van der Waals surface area contributed by atoms with Gasteiger partial charge < -0.3 is 36.2 Å². The molecule has 12 atom stereocenters. The van der Waals surface area contributed by atoms with E-state index in [9.17, 15) is 20.4 Å². The molecule has 8 heteroatoms. The normalized spacial score (nSPS) is 44.3. The van der Waals surface area contributed by atoms with E-state index in [4.69, 9.17) is 17.0 Å². The van der Waals surface area contributed by atoms with Crippen LogP contribution in [0, 0.1) is 40.4 Å². The summed E-state index contributed by atoms with van der Waals surface area (Å²) in [5.74, 6) is 3.05. The van der Waals surface area contributed by atoms with Crippen LogP contribution in [0.4, 0.5) is 0 Å². The highest BCUT2D eigenvalue weighted by molar-refractivity contribution is 5.78. The van der Waals surface area contributed by atoms with Gasteiger partial charge in [0.2, 0.25) is 0 Å². The Morgan fingerprint density at radius 3 is 2.73 bits per heavy atom. The number of ether oxygens (including phenoxy) is 1. The Balaban J connectivity index is 0.935. The van der Waals surface area contributed by atoms with Gasteiger partial charge in [0, 0.05) is 24.3 Å². The number of hydrogen-bond acceptors (Lipinski definition) is 6. The topological polar surface area (TPSA) is 144 Å². The lowest BCUT2D eigenvalue weighted by Crippen LogP contribution is -2.51. The zero-order valence-corrected chi connectivity index (χ0v) is 30.1. The molecule has 0 aromatic heterocycles. The number of nitrogens with zero attached hydrogens (tertiary/aromatic N) is 1. The van der Waals surface area contributed by atoms with Gasteiger partial charge in [-0.3, -0.25) is 4.99 Å². The molecule has 7 rings (SSSR count). The average Bonchev–Trinajstić information content (AvgIpc) is 3.35. The predicted octanol–water partition coefficient (Wildman–Crippen LogP) is 6.35. The number of aliphatic hydroxyl groups is 3. The first-order chi connectivity index (χ1) is 23.3. The number of epoxide rings is 1. The van der Waals surface area contributed by atoms with Crippen LogP contribution in [0.2, 0.25) is 0 Å². The molecule has 1 spiro atoms. The standard InChI is InChI=1S/C41H63N3O5/c1-26-22-40(17-11-28(23-40)12-18-41(48)15-5-8-32(46)24-41)36-39(3,49-36)16-13-34-33(26)25-38(34,2)30-10-9-29(21-30)35(47)44-37(42)43-19-14-27-6-4-7-31(45)20-27/h4,6-7,20,28-30,32-36,45-48H,1,5,8-19,21-25H2,2-3H3,(H3,42,43,44)/t28-,29+,30-,32-,33+,34-,35-,36+,38+,39+,40+,41-/m0/s1. The molecule has 8 nitrogen and oxygen atoms in total. The average molecular weight is 678 g/mol. The van der Waals surface area contributed by atoms with Crippen LogP contribution < -0.4 is 11.1 Å². The van der Waals surface area contributed by atoms with Crippen LogP contribution in [0.25, 0.3) is 0 Å². The summed E-state index contributed by atoms with van der Waals surface area (Å²) < 4.78 is 6.69. The second-order valence-corrected chi connectivity index (χ2v) is 18.1. The quantitative estimate of drug-likeness (QED) is 0.0588. The van der Waals surface area contributed by atoms with Crippen LogP contribution in [0.1, 0.15) is 122 Å². The van der Waals surface area contributed by atoms with Crippen LogP contribution in [-0.2, 0) is 11.2 Å². The van der Waals surface area contributed by atoms with Gasteiger partial charge in [0.05, 0.1) is 23.4 Å². The van der Waals surface area contributed by atoms with Crippen molar-refractivity contribution in [1.29, 1.82) is 0 Å². The van der Waals surface area contributed by atoms with Crippen molar-refractivity contribution in [3.05, 3.63) is 42.0 Å². The lowest BCUT2D eigenvalue weighted by atomic mass is 9.46. The number of allylic oxidation sites excluding steroid dienone is 1. The summed E-state index contributed by atoms with van der Waals surface area (Å²) in [6.07, 6.45) is 16.2. The van der Waals surface area contributed by atoms with Crippen LogP contribution >= 0.6 is 0 Å². The van der Waals surface area contributed by atoms with Gasteiger partial charge in [-0.25, -0.2) is 0 Å². The van der Waals surface area contributed by atoms with Crippen molar-refractivity contribution in [2.75, 3.05) is 6.54 Å². The zero-order chi connectivity index (χ0) is 34.6. The van der Waals surface area contributed by atoms with E-state index in [-0.39, 0.29) is 40.2 Å². The monoisotopic (exact) mass is 677 g/mol. The Morgan fingerprint density at radius 1 is 1.10 bits per heavy atom. The Morgan fingerprint density at radius 2 is 1.94 bits per heavy atom. The number of rotatable bonds is 9. The Hall–Kier alpha value is -2.13. The smallest absolute Gasteiger partial charge is 0.190 e. The molecule has 7 N–H and O–H groups in total. The molecule has 1 aromatic rings. The highest BCUT2D eigenvalue weighted by atomic mass is 16.6. The lowest BCUT2D eigenvalue weighted by molar-refractivity contribution is -0.0712. The van der Waals surface area contributed by atoms with Crippen LogP contribution in [0.5, 0.6) is 5.75 Å². The van der Waals surface area contributed by atoms with E-state index in [1.165, 1.54) is 37.7 Å². The summed E-state index contributed by atoms with van der Waals surface area (Å²) in [7, 11) is 0. The Kier molecular flexibility index (Phi) is 9.68. The first-order valence-electron chi connectivity index (χ1n) is 19.6. The maximum absolute atomic E-state index is 11.2. The number of nitrogens with two attached hydrogens (primary N) is 1. The molecule has 272 valence electrons. The van der Waals surface area contributed by atoms with Crippen LogP contribution in [0.3, 0.4) is 0 Å². The van der Waals surface area contributed by atoms with Crippen molar-refractivity contribution in [1.82, 2.24) is 5.32 Å². The van der Waals surface area contributed by atoms with Gasteiger partial charge in [0.25, 0.3) is 0 Å². The van der Waals surface area contributed by atoms with E-state index >= 15 is 0 Å². The van der Waals surface area contributed by atoms with Crippen molar-refractivity contribution in [3.63, 3.8) is 0 Å². The van der Waals surface area contributed by atoms with Crippen molar-refractivity contribution < 1.29 is 25.2 Å². The molecular formula is C41H63N3O5. The zero-order valence-electron chi connectivity index (χ0n) is 30.1. The Labute approximate surface area is 294 Å². The molecule has 0 bridgehead atoms. The highest BCUT2D eigenvalue weighted by Crippen LogP contribution is 2.69. The van der Waals surface area contributed by atoms with Gasteiger partial charge in [-0.15, -0.1) is 0 Å². The molecule has 6 aliphatic rings. The number of phenolic OH excluding ortho intramolecular Hbond substituents is 1. The fraction of sp³-hybridized carbons (Fsp3) is 0.780. The number of aromatic hydroxyl groups is 1. The molecule has 5 aliphatic carbocycles. The fourth-order valence-electron chi connectivity index (χ4n) is 12.0. The van der Waals surface area contributed by atoms with E-state index in [1.54, 1.807) is 12.1 Å². The molecule has 0 unspecified atom stereocenters. The van der Waals surface area contributed by atoms with Gasteiger partial charge in [-0.1, -0.05) is 31.2 Å². The number of aliphatic imine (C=N–C) groups is 1. The molecule has 1 heterocycles. The molecule has 49 heavy (non-hydrogen) atoms. The third-order valence-electron chi connectivity index (χ3n) is 14.8. The first-order valence-corrected chi connectivity index (χ1v) is 19.6. The minimum Gasteiger partial charge on any atom is -0.508 e. The summed E-state index contributed by atoms with van der Waals surface area (Å²) in [6, 6.07) is 7.19. The second-order valence-electron chi connectivity index (χ2n) is 18.1. The minimum absolute atomic E-state index is 0.0394. The van der Waals surface area contributed by atoms with E-state index < -0.39 is 11.8 Å². The minimum atomic E-state index is -0.705.